The van der Waals surface area contributed by atoms with Gasteiger partial charge in [0.05, 0.1) is 17.4 Å². The SMILES string of the molecule is Cc1ccc(NC(=O)C2(c3ccc4c(c3)OC(F)(F)O4)CC2)nc1-c1ccc(NS(C)(=O)=O)cc1. The Morgan fingerprint density at radius 2 is 1.69 bits per heavy atom. The third-order valence-electron chi connectivity index (χ3n) is 5.94. The Bertz CT molecular complexity index is 1440. The summed E-state index contributed by atoms with van der Waals surface area (Å²) >= 11 is 0. The Morgan fingerprint density at radius 1 is 1.00 bits per heavy atom. The van der Waals surface area contributed by atoms with Gasteiger partial charge in [-0.05, 0) is 61.2 Å². The molecule has 1 aliphatic heterocycles. The maximum atomic E-state index is 13.4. The maximum Gasteiger partial charge on any atom is 0.586 e. The van der Waals surface area contributed by atoms with E-state index in [-0.39, 0.29) is 17.4 Å². The molecule has 1 aromatic heterocycles. The Hall–Kier alpha value is -3.73. The lowest BCUT2D eigenvalue weighted by Gasteiger charge is -2.17. The minimum atomic E-state index is -3.72. The number of anilines is 2. The lowest BCUT2D eigenvalue weighted by Crippen LogP contribution is -2.28. The van der Waals surface area contributed by atoms with E-state index < -0.39 is 21.7 Å². The first kappa shape index (κ1) is 23.0. The van der Waals surface area contributed by atoms with Gasteiger partial charge in [0.25, 0.3) is 0 Å². The predicted octanol–water partition coefficient (Wildman–Crippen LogP) is 4.42. The Balaban J connectivity index is 1.36. The molecule has 0 saturated heterocycles. The van der Waals surface area contributed by atoms with Crippen molar-refractivity contribution in [1.29, 1.82) is 0 Å². The van der Waals surface area contributed by atoms with Gasteiger partial charge in [-0.1, -0.05) is 24.3 Å². The van der Waals surface area contributed by atoms with Gasteiger partial charge < -0.3 is 14.8 Å². The van der Waals surface area contributed by atoms with E-state index in [1.165, 1.54) is 12.1 Å². The second kappa shape index (κ2) is 7.91. The summed E-state index contributed by atoms with van der Waals surface area (Å²) < 4.78 is 61.0. The molecule has 0 unspecified atom stereocenters. The van der Waals surface area contributed by atoms with E-state index in [1.54, 1.807) is 36.4 Å². The van der Waals surface area contributed by atoms with Crippen molar-refractivity contribution in [3.8, 4) is 22.8 Å². The summed E-state index contributed by atoms with van der Waals surface area (Å²) in [5, 5.41) is 2.85. The van der Waals surface area contributed by atoms with E-state index in [0.717, 1.165) is 17.4 Å². The fourth-order valence-corrected chi connectivity index (χ4v) is 4.62. The van der Waals surface area contributed by atoms with Gasteiger partial charge in [0.1, 0.15) is 5.82 Å². The van der Waals surface area contributed by atoms with Gasteiger partial charge in [-0.15, -0.1) is 8.78 Å². The number of aryl methyl sites for hydroxylation is 1. The summed E-state index contributed by atoms with van der Waals surface area (Å²) in [6.07, 6.45) is -1.53. The number of alkyl halides is 2. The van der Waals surface area contributed by atoms with Crippen molar-refractivity contribution in [1.82, 2.24) is 4.98 Å². The highest BCUT2D eigenvalue weighted by molar-refractivity contribution is 7.92. The molecule has 2 N–H and O–H groups in total. The van der Waals surface area contributed by atoms with Crippen LogP contribution in [0.25, 0.3) is 11.3 Å². The number of amides is 1. The van der Waals surface area contributed by atoms with E-state index >= 15 is 0 Å². The molecule has 2 aromatic carbocycles. The number of ether oxygens (including phenoxy) is 2. The average molecular weight is 502 g/mol. The molecule has 1 aliphatic carbocycles. The number of fused-ring (bicyclic) bond motifs is 1. The number of carbonyl (C=O) groups is 1. The zero-order valence-electron chi connectivity index (χ0n) is 18.8. The van der Waals surface area contributed by atoms with Crippen LogP contribution < -0.4 is 19.5 Å². The molecular formula is C24H21F2N3O5S. The number of hydrogen-bond acceptors (Lipinski definition) is 6. The monoisotopic (exact) mass is 501 g/mol. The lowest BCUT2D eigenvalue weighted by molar-refractivity contribution is -0.286. The van der Waals surface area contributed by atoms with E-state index in [1.807, 2.05) is 13.0 Å². The largest absolute Gasteiger partial charge is 0.586 e. The minimum Gasteiger partial charge on any atom is -0.395 e. The van der Waals surface area contributed by atoms with Crippen molar-refractivity contribution >= 4 is 27.4 Å². The molecule has 1 fully saturated rings. The second-order valence-electron chi connectivity index (χ2n) is 8.68. The number of rotatable bonds is 6. The number of hydrogen-bond donors (Lipinski definition) is 2. The van der Waals surface area contributed by atoms with Crippen LogP contribution in [0.1, 0.15) is 24.0 Å². The maximum absolute atomic E-state index is 13.4. The molecule has 2 aliphatic rings. The zero-order chi connectivity index (χ0) is 25.0. The standard InChI is InChI=1S/C24H21F2N3O5S/c1-14-3-10-20(27-21(14)15-4-7-17(8-5-15)29-35(2,31)32)28-22(30)23(11-12-23)16-6-9-18-19(13-16)34-24(25,26)33-18/h3-10,13,29H,11-12H2,1-2H3,(H,27,28,30). The van der Waals surface area contributed by atoms with Crippen LogP contribution in [0.15, 0.2) is 54.6 Å². The van der Waals surface area contributed by atoms with Gasteiger partial charge in [0.2, 0.25) is 15.9 Å². The van der Waals surface area contributed by atoms with Crippen LogP contribution in [-0.2, 0) is 20.2 Å². The summed E-state index contributed by atoms with van der Waals surface area (Å²) in [6, 6.07) is 14.6. The summed E-state index contributed by atoms with van der Waals surface area (Å²) in [7, 11) is -3.39. The second-order valence-corrected chi connectivity index (χ2v) is 10.4. The van der Waals surface area contributed by atoms with Gasteiger partial charge >= 0.3 is 6.29 Å². The van der Waals surface area contributed by atoms with Crippen molar-refractivity contribution < 1.29 is 31.5 Å². The molecule has 11 heteroatoms. The van der Waals surface area contributed by atoms with Crippen molar-refractivity contribution in [2.75, 3.05) is 16.3 Å². The normalized spacial score (nSPS) is 17.0. The molecular weight excluding hydrogens is 480 g/mol. The molecule has 1 amide bonds. The molecule has 35 heavy (non-hydrogen) atoms. The highest BCUT2D eigenvalue weighted by Crippen LogP contribution is 2.52. The van der Waals surface area contributed by atoms with Crippen LogP contribution in [0, 0.1) is 6.92 Å². The van der Waals surface area contributed by atoms with Gasteiger partial charge in [0, 0.05) is 11.3 Å². The van der Waals surface area contributed by atoms with Crippen LogP contribution in [-0.4, -0.2) is 31.9 Å². The number of sulfonamides is 1. The number of benzene rings is 2. The number of nitrogens with one attached hydrogen (secondary N) is 2. The summed E-state index contributed by atoms with van der Waals surface area (Å²) in [6.45, 7) is 1.88. The summed E-state index contributed by atoms with van der Waals surface area (Å²) in [5.74, 6) is -0.126. The zero-order valence-corrected chi connectivity index (χ0v) is 19.6. The molecule has 182 valence electrons. The van der Waals surface area contributed by atoms with Crippen molar-refractivity contribution in [2.24, 2.45) is 0 Å². The van der Waals surface area contributed by atoms with Gasteiger partial charge in [-0.2, -0.15) is 0 Å². The number of nitrogens with zero attached hydrogens (tertiary/aromatic N) is 1. The van der Waals surface area contributed by atoms with E-state index in [2.05, 4.69) is 24.5 Å². The van der Waals surface area contributed by atoms with Crippen LogP contribution in [0.4, 0.5) is 20.3 Å². The fraction of sp³-hybridized carbons (Fsp3) is 0.250. The first-order valence-corrected chi connectivity index (χ1v) is 12.6. The Morgan fingerprint density at radius 3 is 2.34 bits per heavy atom. The van der Waals surface area contributed by atoms with Crippen molar-refractivity contribution in [2.45, 2.75) is 31.5 Å². The van der Waals surface area contributed by atoms with Crippen molar-refractivity contribution in [3.05, 3.63) is 65.7 Å². The minimum absolute atomic E-state index is 0.0717. The molecule has 0 atom stereocenters. The smallest absolute Gasteiger partial charge is 0.395 e. The van der Waals surface area contributed by atoms with E-state index in [9.17, 15) is 22.0 Å². The highest BCUT2D eigenvalue weighted by atomic mass is 32.2. The fourth-order valence-electron chi connectivity index (χ4n) is 4.06. The first-order valence-electron chi connectivity index (χ1n) is 10.7. The lowest BCUT2D eigenvalue weighted by atomic mass is 9.94. The number of aromatic nitrogens is 1. The molecule has 0 spiro atoms. The molecule has 5 rings (SSSR count). The van der Waals surface area contributed by atoms with Gasteiger partial charge in [0.15, 0.2) is 11.5 Å². The number of pyridine rings is 1. The van der Waals surface area contributed by atoms with Crippen molar-refractivity contribution in [3.63, 3.8) is 0 Å². The molecule has 2 heterocycles. The van der Waals surface area contributed by atoms with E-state index in [0.29, 0.717) is 35.6 Å². The van der Waals surface area contributed by atoms with E-state index in [4.69, 9.17) is 0 Å². The van der Waals surface area contributed by atoms with Crippen LogP contribution in [0.5, 0.6) is 11.5 Å². The first-order chi connectivity index (χ1) is 16.4. The predicted molar refractivity (Wildman–Crippen MR) is 125 cm³/mol. The highest BCUT2D eigenvalue weighted by Gasteiger charge is 2.53. The summed E-state index contributed by atoms with van der Waals surface area (Å²) in [5.41, 5.74) is 2.37. The molecule has 3 aromatic rings. The Kier molecular flexibility index (Phi) is 5.20. The molecule has 8 nitrogen and oxygen atoms in total. The molecule has 0 radical (unpaired) electrons. The topological polar surface area (TPSA) is 107 Å². The third kappa shape index (κ3) is 4.63. The third-order valence-corrected chi connectivity index (χ3v) is 6.55. The molecule has 0 bridgehead atoms. The van der Waals surface area contributed by atoms with Crippen LogP contribution >= 0.6 is 0 Å². The van der Waals surface area contributed by atoms with Crippen LogP contribution in [0.3, 0.4) is 0 Å². The number of carbonyl (C=O) groups excluding carboxylic acids is 1. The Labute approximate surface area is 200 Å². The summed E-state index contributed by atoms with van der Waals surface area (Å²) in [4.78, 5) is 17.8. The quantitative estimate of drug-likeness (QED) is 0.518. The number of halogens is 2. The average Bonchev–Trinajstić information content (AvgIpc) is 3.52. The van der Waals surface area contributed by atoms with Crippen LogP contribution in [0.2, 0.25) is 0 Å². The van der Waals surface area contributed by atoms with Gasteiger partial charge in [-0.3, -0.25) is 9.52 Å². The van der Waals surface area contributed by atoms with Gasteiger partial charge in [-0.25, -0.2) is 13.4 Å². The molecule has 1 saturated carbocycles.